The Hall–Kier alpha value is -2.11. The van der Waals surface area contributed by atoms with Crippen molar-refractivity contribution >= 4 is 17.7 Å². The normalized spacial score (nSPS) is 11.7. The smallest absolute Gasteiger partial charge is 0.326 e. The molecule has 0 fully saturated rings. The molecule has 0 aromatic carbocycles. The number of carboxylic acids is 1. The van der Waals surface area contributed by atoms with Gasteiger partial charge in [0.05, 0.1) is 11.9 Å². The van der Waals surface area contributed by atoms with Crippen LogP contribution in [0.5, 0.6) is 0 Å². The Morgan fingerprint density at radius 2 is 2.17 bits per heavy atom. The second-order valence-corrected chi connectivity index (χ2v) is 3.99. The van der Waals surface area contributed by atoms with Gasteiger partial charge in [-0.25, -0.2) is 9.59 Å². The Labute approximate surface area is 106 Å². The van der Waals surface area contributed by atoms with Crippen molar-refractivity contribution in [1.29, 1.82) is 0 Å². The maximum atomic E-state index is 11.8. The van der Waals surface area contributed by atoms with Gasteiger partial charge in [0.1, 0.15) is 6.04 Å². The van der Waals surface area contributed by atoms with Gasteiger partial charge < -0.3 is 15.3 Å². The van der Waals surface area contributed by atoms with Crippen molar-refractivity contribution in [2.45, 2.75) is 26.3 Å². The average molecular weight is 251 g/mol. The maximum Gasteiger partial charge on any atom is 0.326 e. The third-order valence-corrected chi connectivity index (χ3v) is 2.62. The maximum absolute atomic E-state index is 11.8. The molecule has 0 spiro atoms. The molecule has 1 atom stereocenters. The van der Waals surface area contributed by atoms with E-state index < -0.39 is 18.0 Å². The van der Waals surface area contributed by atoms with E-state index in [4.69, 9.17) is 5.11 Å². The number of carbonyl (C=O) groups is 2. The van der Waals surface area contributed by atoms with Gasteiger partial charge >= 0.3 is 12.0 Å². The Bertz CT molecular complexity index is 431. The van der Waals surface area contributed by atoms with Crippen LogP contribution in [0.15, 0.2) is 18.3 Å². The third-order valence-electron chi connectivity index (χ3n) is 2.62. The van der Waals surface area contributed by atoms with Gasteiger partial charge in [0.25, 0.3) is 0 Å². The highest BCUT2D eigenvalue weighted by Crippen LogP contribution is 2.09. The summed E-state index contributed by atoms with van der Waals surface area (Å²) in [4.78, 5) is 28.0. The molecule has 1 aromatic rings. The minimum absolute atomic E-state index is 0.353. The number of likely N-dealkylation sites (N-methyl/N-ethyl adjacent to an activating group) is 1. The van der Waals surface area contributed by atoms with E-state index in [9.17, 15) is 9.59 Å². The summed E-state index contributed by atoms with van der Waals surface area (Å²) in [5.74, 6) is -1.02. The highest BCUT2D eigenvalue weighted by Gasteiger charge is 2.24. The molecule has 98 valence electrons. The van der Waals surface area contributed by atoms with Crippen molar-refractivity contribution in [3.8, 4) is 0 Å². The molecular weight excluding hydrogens is 234 g/mol. The number of rotatable bonds is 4. The predicted molar refractivity (Wildman–Crippen MR) is 67.5 cm³/mol. The van der Waals surface area contributed by atoms with Gasteiger partial charge in [-0.3, -0.25) is 4.98 Å². The van der Waals surface area contributed by atoms with E-state index >= 15 is 0 Å². The Balaban J connectivity index is 2.70. The fourth-order valence-electron chi connectivity index (χ4n) is 1.51. The molecule has 1 aromatic heterocycles. The molecule has 0 aliphatic heterocycles. The van der Waals surface area contributed by atoms with Crippen molar-refractivity contribution in [3.63, 3.8) is 0 Å². The summed E-state index contributed by atoms with van der Waals surface area (Å²) in [6, 6.07) is 2.19. The molecule has 2 N–H and O–H groups in total. The summed E-state index contributed by atoms with van der Waals surface area (Å²) in [5, 5.41) is 11.6. The molecule has 6 nitrogen and oxygen atoms in total. The number of carbonyl (C=O) groups excluding carboxylic acids is 1. The lowest BCUT2D eigenvalue weighted by molar-refractivity contribution is -0.141. The summed E-state index contributed by atoms with van der Waals surface area (Å²) in [6.07, 6.45) is 1.88. The van der Waals surface area contributed by atoms with E-state index in [0.29, 0.717) is 12.1 Å². The molecule has 1 unspecified atom stereocenters. The SMILES string of the molecule is CCC(C(=O)O)N(C)C(=O)Nc1ccc(C)nc1. The first-order valence-corrected chi connectivity index (χ1v) is 5.65. The fraction of sp³-hybridized carbons (Fsp3) is 0.417. The molecule has 0 aliphatic rings. The zero-order chi connectivity index (χ0) is 13.7. The van der Waals surface area contributed by atoms with Crippen LogP contribution in [0.25, 0.3) is 0 Å². The third kappa shape index (κ3) is 3.44. The Kier molecular flexibility index (Phi) is 4.65. The lowest BCUT2D eigenvalue weighted by Crippen LogP contribution is -2.44. The zero-order valence-electron chi connectivity index (χ0n) is 10.7. The van der Waals surface area contributed by atoms with Crippen molar-refractivity contribution in [3.05, 3.63) is 24.0 Å². The monoisotopic (exact) mass is 251 g/mol. The van der Waals surface area contributed by atoms with E-state index in [2.05, 4.69) is 10.3 Å². The average Bonchev–Trinajstić information content (AvgIpc) is 2.32. The van der Waals surface area contributed by atoms with Crippen LogP contribution < -0.4 is 5.32 Å². The summed E-state index contributed by atoms with van der Waals surface area (Å²) in [7, 11) is 1.46. The summed E-state index contributed by atoms with van der Waals surface area (Å²) in [6.45, 7) is 3.56. The second kappa shape index (κ2) is 6.00. The van der Waals surface area contributed by atoms with E-state index in [1.807, 2.05) is 6.92 Å². The van der Waals surface area contributed by atoms with Gasteiger partial charge in [0, 0.05) is 12.7 Å². The predicted octanol–water partition coefficient (Wildman–Crippen LogP) is 1.72. The van der Waals surface area contributed by atoms with Crippen molar-refractivity contribution in [2.24, 2.45) is 0 Å². The molecule has 0 radical (unpaired) electrons. The van der Waals surface area contributed by atoms with E-state index in [1.165, 1.54) is 18.1 Å². The minimum Gasteiger partial charge on any atom is -0.480 e. The molecule has 0 saturated carbocycles. The highest BCUT2D eigenvalue weighted by molar-refractivity contribution is 5.91. The number of hydrogen-bond donors (Lipinski definition) is 2. The molecule has 0 bridgehead atoms. The van der Waals surface area contributed by atoms with Crippen molar-refractivity contribution in [2.75, 3.05) is 12.4 Å². The first-order valence-electron chi connectivity index (χ1n) is 5.65. The number of anilines is 1. The standard InChI is InChI=1S/C12H17N3O3/c1-4-10(11(16)17)15(3)12(18)14-9-6-5-8(2)13-7-9/h5-7,10H,4H2,1-3H3,(H,14,18)(H,16,17). The van der Waals surface area contributed by atoms with Crippen LogP contribution in [0.4, 0.5) is 10.5 Å². The molecule has 0 aliphatic carbocycles. The van der Waals surface area contributed by atoms with Crippen LogP contribution in [0.3, 0.4) is 0 Å². The quantitative estimate of drug-likeness (QED) is 0.853. The number of pyridine rings is 1. The highest BCUT2D eigenvalue weighted by atomic mass is 16.4. The van der Waals surface area contributed by atoms with Crippen molar-refractivity contribution in [1.82, 2.24) is 9.88 Å². The number of amides is 2. The van der Waals surface area contributed by atoms with Crippen molar-refractivity contribution < 1.29 is 14.7 Å². The van der Waals surface area contributed by atoms with Crippen LogP contribution >= 0.6 is 0 Å². The van der Waals surface area contributed by atoms with Crippen LogP contribution in [0.1, 0.15) is 19.0 Å². The first-order chi connectivity index (χ1) is 8.45. The first kappa shape index (κ1) is 14.0. The number of carboxylic acid groups (broad SMARTS) is 1. The minimum atomic E-state index is -1.02. The molecule has 2 amide bonds. The van der Waals surface area contributed by atoms with Crippen LogP contribution in [0, 0.1) is 6.92 Å². The molecule has 18 heavy (non-hydrogen) atoms. The molecular formula is C12H17N3O3. The van der Waals surface area contributed by atoms with Crippen LogP contribution in [0.2, 0.25) is 0 Å². The van der Waals surface area contributed by atoms with Gasteiger partial charge in [-0.1, -0.05) is 6.92 Å². The van der Waals surface area contributed by atoms with E-state index in [0.717, 1.165) is 5.69 Å². The Morgan fingerprint density at radius 3 is 2.61 bits per heavy atom. The van der Waals surface area contributed by atoms with Crippen LogP contribution in [-0.2, 0) is 4.79 Å². The fourth-order valence-corrected chi connectivity index (χ4v) is 1.51. The van der Waals surface area contributed by atoms with Gasteiger partial charge in [-0.05, 0) is 25.5 Å². The van der Waals surface area contributed by atoms with Crippen LogP contribution in [-0.4, -0.2) is 40.1 Å². The van der Waals surface area contributed by atoms with E-state index in [-0.39, 0.29) is 0 Å². The largest absolute Gasteiger partial charge is 0.480 e. The molecule has 6 heteroatoms. The number of aromatic nitrogens is 1. The molecule has 0 saturated heterocycles. The lowest BCUT2D eigenvalue weighted by atomic mass is 10.2. The van der Waals surface area contributed by atoms with Gasteiger partial charge in [-0.15, -0.1) is 0 Å². The number of aryl methyl sites for hydroxylation is 1. The number of urea groups is 1. The van der Waals surface area contributed by atoms with Gasteiger partial charge in [-0.2, -0.15) is 0 Å². The number of nitrogens with zero attached hydrogens (tertiary/aromatic N) is 2. The zero-order valence-corrected chi connectivity index (χ0v) is 10.7. The van der Waals surface area contributed by atoms with E-state index in [1.54, 1.807) is 19.1 Å². The summed E-state index contributed by atoms with van der Waals surface area (Å²) >= 11 is 0. The summed E-state index contributed by atoms with van der Waals surface area (Å²) in [5.41, 5.74) is 1.39. The molecule has 1 heterocycles. The lowest BCUT2D eigenvalue weighted by Gasteiger charge is -2.23. The topological polar surface area (TPSA) is 82.5 Å². The number of hydrogen-bond acceptors (Lipinski definition) is 3. The van der Waals surface area contributed by atoms with Gasteiger partial charge in [0.15, 0.2) is 0 Å². The summed E-state index contributed by atoms with van der Waals surface area (Å²) < 4.78 is 0. The second-order valence-electron chi connectivity index (χ2n) is 3.99. The Morgan fingerprint density at radius 1 is 1.50 bits per heavy atom. The number of aliphatic carboxylic acids is 1. The van der Waals surface area contributed by atoms with Gasteiger partial charge in [0.2, 0.25) is 0 Å². The number of nitrogens with one attached hydrogen (secondary N) is 1. The molecule has 1 rings (SSSR count).